The average Bonchev–Trinajstić information content (AvgIpc) is 2.42. The van der Waals surface area contributed by atoms with Gasteiger partial charge in [0.25, 0.3) is 0 Å². The van der Waals surface area contributed by atoms with Crippen molar-refractivity contribution in [3.05, 3.63) is 0 Å². The van der Waals surface area contributed by atoms with Crippen LogP contribution >= 0.6 is 0 Å². The molecule has 0 fully saturated rings. The lowest BCUT2D eigenvalue weighted by molar-refractivity contribution is 0.191. The number of nitrogens with two attached hydrogens (primary N) is 1. The molecule has 0 aliphatic carbocycles. The summed E-state index contributed by atoms with van der Waals surface area (Å²) in [6, 6.07) is -0.151. The second-order valence-corrected chi connectivity index (χ2v) is 3.84. The molecule has 0 saturated carbocycles. The van der Waals surface area contributed by atoms with Gasteiger partial charge in [0.15, 0.2) is 0 Å². The fourth-order valence-corrected chi connectivity index (χ4v) is 1.82. The van der Waals surface area contributed by atoms with E-state index in [4.69, 9.17) is 5.73 Å². The zero-order valence-corrected chi connectivity index (χ0v) is 9.16. The number of urea groups is 1. The van der Waals surface area contributed by atoms with Crippen LogP contribution in [0.5, 0.6) is 0 Å². The minimum absolute atomic E-state index is 0.0208. The molecule has 1 heterocycles. The van der Waals surface area contributed by atoms with Gasteiger partial charge in [-0.1, -0.05) is 27.2 Å². The molecule has 0 spiro atoms. The molecule has 0 aromatic rings. The Labute approximate surface area is 85.2 Å². The summed E-state index contributed by atoms with van der Waals surface area (Å²) < 4.78 is 0. The van der Waals surface area contributed by atoms with Crippen molar-refractivity contribution in [2.45, 2.75) is 39.7 Å². The van der Waals surface area contributed by atoms with Gasteiger partial charge in [-0.05, 0) is 12.3 Å². The minimum atomic E-state index is -0.172. The Kier molecular flexibility index (Phi) is 3.49. The largest absolute Gasteiger partial charge is 0.385 e. The third kappa shape index (κ3) is 1.89. The third-order valence-electron chi connectivity index (χ3n) is 2.76. The summed E-state index contributed by atoms with van der Waals surface area (Å²) in [5.74, 6) is 0.870. The number of amides is 2. The standard InChI is InChI=1S/C10H19N3O/c1-4-6-13-8(7(3)5-2)9(11)12-10(13)14/h7-8H,4-6H2,1-3H3,(H2,11,12,14). The maximum Gasteiger partial charge on any atom is 0.345 e. The van der Waals surface area contributed by atoms with Gasteiger partial charge in [0.1, 0.15) is 5.84 Å². The number of carbonyl (C=O) groups is 1. The molecule has 0 bridgehead atoms. The lowest BCUT2D eigenvalue weighted by Gasteiger charge is -2.28. The van der Waals surface area contributed by atoms with Gasteiger partial charge in [-0.3, -0.25) is 0 Å². The van der Waals surface area contributed by atoms with Crippen LogP contribution < -0.4 is 5.73 Å². The Hall–Kier alpha value is -1.06. The Morgan fingerprint density at radius 1 is 1.57 bits per heavy atom. The van der Waals surface area contributed by atoms with Crippen molar-refractivity contribution in [1.82, 2.24) is 4.90 Å². The Morgan fingerprint density at radius 3 is 2.71 bits per heavy atom. The van der Waals surface area contributed by atoms with E-state index in [1.807, 2.05) is 0 Å². The third-order valence-corrected chi connectivity index (χ3v) is 2.76. The smallest absolute Gasteiger partial charge is 0.345 e. The van der Waals surface area contributed by atoms with Gasteiger partial charge < -0.3 is 10.6 Å². The van der Waals surface area contributed by atoms with Gasteiger partial charge in [0, 0.05) is 6.54 Å². The minimum Gasteiger partial charge on any atom is -0.385 e. The van der Waals surface area contributed by atoms with Gasteiger partial charge in [-0.25, -0.2) is 4.79 Å². The van der Waals surface area contributed by atoms with Crippen LogP contribution in [0.15, 0.2) is 4.99 Å². The Morgan fingerprint density at radius 2 is 2.21 bits per heavy atom. The molecule has 80 valence electrons. The van der Waals surface area contributed by atoms with E-state index in [0.717, 1.165) is 19.4 Å². The SMILES string of the molecule is CCCN1C(=O)N=C(N)C1C(C)CC. The monoisotopic (exact) mass is 197 g/mol. The van der Waals surface area contributed by atoms with E-state index in [9.17, 15) is 4.79 Å². The highest BCUT2D eigenvalue weighted by molar-refractivity contribution is 6.02. The molecule has 14 heavy (non-hydrogen) atoms. The average molecular weight is 197 g/mol. The topological polar surface area (TPSA) is 58.7 Å². The van der Waals surface area contributed by atoms with Crippen LogP contribution in [-0.4, -0.2) is 29.4 Å². The lowest BCUT2D eigenvalue weighted by Crippen LogP contribution is -2.44. The molecule has 0 radical (unpaired) electrons. The molecule has 2 amide bonds. The first-order valence-electron chi connectivity index (χ1n) is 5.26. The summed E-state index contributed by atoms with van der Waals surface area (Å²) in [5, 5.41) is 0. The first-order valence-corrected chi connectivity index (χ1v) is 5.26. The van der Waals surface area contributed by atoms with Gasteiger partial charge in [-0.2, -0.15) is 4.99 Å². The van der Waals surface area contributed by atoms with E-state index < -0.39 is 0 Å². The highest BCUT2D eigenvalue weighted by atomic mass is 16.2. The second-order valence-electron chi connectivity index (χ2n) is 3.84. The summed E-state index contributed by atoms with van der Waals surface area (Å²) in [4.78, 5) is 17.1. The zero-order chi connectivity index (χ0) is 10.7. The van der Waals surface area contributed by atoms with Crippen molar-refractivity contribution in [2.24, 2.45) is 16.6 Å². The maximum atomic E-state index is 11.5. The van der Waals surface area contributed by atoms with Crippen LogP contribution in [0, 0.1) is 5.92 Å². The second kappa shape index (κ2) is 4.44. The molecule has 1 aliphatic heterocycles. The van der Waals surface area contributed by atoms with E-state index in [0.29, 0.717) is 11.8 Å². The molecule has 1 aliphatic rings. The fourth-order valence-electron chi connectivity index (χ4n) is 1.82. The van der Waals surface area contributed by atoms with E-state index in [1.54, 1.807) is 4.90 Å². The van der Waals surface area contributed by atoms with Crippen molar-refractivity contribution < 1.29 is 4.79 Å². The predicted molar refractivity (Wildman–Crippen MR) is 57.3 cm³/mol. The summed E-state index contributed by atoms with van der Waals surface area (Å²) >= 11 is 0. The van der Waals surface area contributed by atoms with Crippen molar-refractivity contribution in [2.75, 3.05) is 6.54 Å². The summed E-state index contributed by atoms with van der Waals surface area (Å²) in [7, 11) is 0. The molecule has 0 aromatic heterocycles. The molecular weight excluding hydrogens is 178 g/mol. The molecular formula is C10H19N3O. The van der Waals surface area contributed by atoms with Crippen LogP contribution in [0.25, 0.3) is 0 Å². The first kappa shape index (κ1) is 11.0. The maximum absolute atomic E-state index is 11.5. The predicted octanol–water partition coefficient (Wildman–Crippen LogP) is 1.60. The number of amidine groups is 1. The molecule has 2 unspecified atom stereocenters. The molecule has 4 nitrogen and oxygen atoms in total. The highest BCUT2D eigenvalue weighted by Gasteiger charge is 2.35. The van der Waals surface area contributed by atoms with Crippen LogP contribution in [0.1, 0.15) is 33.6 Å². The summed E-state index contributed by atoms with van der Waals surface area (Å²) in [6.45, 7) is 7.01. The van der Waals surface area contributed by atoms with Crippen molar-refractivity contribution in [3.8, 4) is 0 Å². The van der Waals surface area contributed by atoms with Crippen molar-refractivity contribution in [1.29, 1.82) is 0 Å². The molecule has 2 atom stereocenters. The molecule has 1 rings (SSSR count). The van der Waals surface area contributed by atoms with E-state index in [-0.39, 0.29) is 12.1 Å². The lowest BCUT2D eigenvalue weighted by atomic mass is 9.97. The van der Waals surface area contributed by atoms with Crippen LogP contribution in [0.2, 0.25) is 0 Å². The highest BCUT2D eigenvalue weighted by Crippen LogP contribution is 2.21. The summed E-state index contributed by atoms with van der Waals surface area (Å²) in [6.07, 6.45) is 1.95. The molecule has 0 aromatic carbocycles. The number of rotatable bonds is 4. The first-order chi connectivity index (χ1) is 6.61. The number of aliphatic imine (C=N–C) groups is 1. The zero-order valence-electron chi connectivity index (χ0n) is 9.16. The van der Waals surface area contributed by atoms with Gasteiger partial charge in [0.2, 0.25) is 0 Å². The van der Waals surface area contributed by atoms with Crippen molar-refractivity contribution >= 4 is 11.9 Å². The van der Waals surface area contributed by atoms with Crippen LogP contribution in [0.4, 0.5) is 4.79 Å². The van der Waals surface area contributed by atoms with Gasteiger partial charge >= 0.3 is 6.03 Å². The van der Waals surface area contributed by atoms with Gasteiger partial charge in [-0.15, -0.1) is 0 Å². The van der Waals surface area contributed by atoms with E-state index in [2.05, 4.69) is 25.8 Å². The molecule has 0 saturated heterocycles. The molecule has 2 N–H and O–H groups in total. The Bertz CT molecular complexity index is 250. The fraction of sp³-hybridized carbons (Fsp3) is 0.800. The van der Waals surface area contributed by atoms with Gasteiger partial charge in [0.05, 0.1) is 6.04 Å². The Balaban J connectivity index is 2.78. The number of hydrogen-bond donors (Lipinski definition) is 1. The van der Waals surface area contributed by atoms with Crippen LogP contribution in [-0.2, 0) is 0 Å². The summed E-state index contributed by atoms with van der Waals surface area (Å²) in [5.41, 5.74) is 5.75. The number of nitrogens with zero attached hydrogens (tertiary/aromatic N) is 2. The molecule has 4 heteroatoms. The van der Waals surface area contributed by atoms with Crippen LogP contribution in [0.3, 0.4) is 0 Å². The normalized spacial score (nSPS) is 23.9. The quantitative estimate of drug-likeness (QED) is 0.744. The van der Waals surface area contributed by atoms with Crippen molar-refractivity contribution in [3.63, 3.8) is 0 Å². The van der Waals surface area contributed by atoms with E-state index in [1.165, 1.54) is 0 Å². The number of hydrogen-bond acceptors (Lipinski definition) is 2. The van der Waals surface area contributed by atoms with E-state index >= 15 is 0 Å². The number of carbonyl (C=O) groups excluding carboxylic acids is 1.